The van der Waals surface area contributed by atoms with E-state index in [9.17, 15) is 4.79 Å². The van der Waals surface area contributed by atoms with Crippen molar-refractivity contribution in [3.05, 3.63) is 40.5 Å². The van der Waals surface area contributed by atoms with Crippen LogP contribution in [0.4, 0.5) is 0 Å². The lowest BCUT2D eigenvalue weighted by Crippen LogP contribution is -2.14. The summed E-state index contributed by atoms with van der Waals surface area (Å²) in [5.74, 6) is 0. The van der Waals surface area contributed by atoms with Gasteiger partial charge in [-0.3, -0.25) is 9.78 Å². The van der Waals surface area contributed by atoms with Crippen molar-refractivity contribution >= 4 is 28.8 Å². The summed E-state index contributed by atoms with van der Waals surface area (Å²) in [6, 6.07) is 7.25. The zero-order valence-corrected chi connectivity index (χ0v) is 10.9. The molecule has 0 radical (unpaired) electrons. The predicted molar refractivity (Wildman–Crippen MR) is 70.8 cm³/mol. The Morgan fingerprint density at radius 2 is 1.94 bits per heavy atom. The molecule has 1 aromatic heterocycles. The van der Waals surface area contributed by atoms with Crippen LogP contribution < -0.4 is 0 Å². The highest BCUT2D eigenvalue weighted by Gasteiger charge is 2.17. The molecular weight excluding hydrogens is 234 g/mol. The van der Waals surface area contributed by atoms with E-state index in [1.807, 2.05) is 12.1 Å². The van der Waals surface area contributed by atoms with Crippen molar-refractivity contribution in [3.63, 3.8) is 0 Å². The molecule has 0 spiro atoms. The molecule has 0 saturated carbocycles. The van der Waals surface area contributed by atoms with Crippen molar-refractivity contribution in [2.45, 2.75) is 26.2 Å². The van der Waals surface area contributed by atoms with Gasteiger partial charge in [-0.2, -0.15) is 0 Å². The zero-order valence-electron chi connectivity index (χ0n) is 10.1. The van der Waals surface area contributed by atoms with Crippen LogP contribution in [-0.4, -0.2) is 11.3 Å². The number of aromatic nitrogens is 1. The number of hydrogen-bond acceptors (Lipinski definition) is 2. The van der Waals surface area contributed by atoms with Gasteiger partial charge in [-0.05, 0) is 24.3 Å². The summed E-state index contributed by atoms with van der Waals surface area (Å²) in [6.45, 7) is 6.23. The fraction of sp³-hybridized carbons (Fsp3) is 0.286. The molecule has 2 aromatic rings. The first kappa shape index (κ1) is 12.1. The van der Waals surface area contributed by atoms with E-state index >= 15 is 0 Å². The summed E-state index contributed by atoms with van der Waals surface area (Å²) in [7, 11) is 0. The molecule has 1 aromatic carbocycles. The Kier molecular flexibility index (Phi) is 2.92. The van der Waals surface area contributed by atoms with Gasteiger partial charge in [0.15, 0.2) is 6.29 Å². The molecule has 0 aliphatic carbocycles. The van der Waals surface area contributed by atoms with Crippen LogP contribution in [0.3, 0.4) is 0 Å². The maximum atomic E-state index is 11.1. The molecule has 0 fully saturated rings. The molecule has 1 heterocycles. The molecule has 0 bridgehead atoms. The van der Waals surface area contributed by atoms with Gasteiger partial charge in [0.2, 0.25) is 0 Å². The molecule has 0 N–H and O–H groups in total. The first-order chi connectivity index (χ1) is 7.91. The molecule has 0 saturated heterocycles. The van der Waals surface area contributed by atoms with Crippen molar-refractivity contribution in [2.24, 2.45) is 0 Å². The second kappa shape index (κ2) is 4.11. The van der Waals surface area contributed by atoms with Crippen LogP contribution in [0, 0.1) is 0 Å². The topological polar surface area (TPSA) is 30.0 Å². The van der Waals surface area contributed by atoms with Crippen molar-refractivity contribution in [1.82, 2.24) is 4.98 Å². The van der Waals surface area contributed by atoms with E-state index in [0.717, 1.165) is 22.9 Å². The molecule has 0 aliphatic heterocycles. The Morgan fingerprint density at radius 3 is 2.53 bits per heavy atom. The quantitative estimate of drug-likeness (QED) is 0.713. The summed E-state index contributed by atoms with van der Waals surface area (Å²) < 4.78 is 0. The molecule has 0 aliphatic rings. The molecule has 0 amide bonds. The van der Waals surface area contributed by atoms with Gasteiger partial charge in [-0.1, -0.05) is 32.4 Å². The maximum Gasteiger partial charge on any atom is 0.150 e. The fourth-order valence-electron chi connectivity index (χ4n) is 1.71. The van der Waals surface area contributed by atoms with Gasteiger partial charge in [-0.25, -0.2) is 0 Å². The first-order valence-corrected chi connectivity index (χ1v) is 5.85. The minimum Gasteiger partial charge on any atom is -0.298 e. The number of aldehydes is 1. The molecule has 0 atom stereocenters. The number of halogens is 1. The Balaban J connectivity index is 2.79. The van der Waals surface area contributed by atoms with E-state index in [1.165, 1.54) is 0 Å². The van der Waals surface area contributed by atoms with Crippen LogP contribution in [0.25, 0.3) is 10.9 Å². The van der Waals surface area contributed by atoms with Crippen LogP contribution in [0.5, 0.6) is 0 Å². The summed E-state index contributed by atoms with van der Waals surface area (Å²) in [4.78, 5) is 15.7. The van der Waals surface area contributed by atoms with Crippen LogP contribution >= 0.6 is 11.6 Å². The van der Waals surface area contributed by atoms with Crippen molar-refractivity contribution in [3.8, 4) is 0 Å². The molecule has 17 heavy (non-hydrogen) atoms. The van der Waals surface area contributed by atoms with Gasteiger partial charge in [0.1, 0.15) is 0 Å². The van der Waals surface area contributed by atoms with Gasteiger partial charge < -0.3 is 0 Å². The average Bonchev–Trinajstić information content (AvgIpc) is 2.26. The van der Waals surface area contributed by atoms with Crippen LogP contribution in [-0.2, 0) is 5.41 Å². The summed E-state index contributed by atoms with van der Waals surface area (Å²) in [5.41, 5.74) is 2.28. The van der Waals surface area contributed by atoms with Crippen LogP contribution in [0.15, 0.2) is 24.3 Å². The minimum atomic E-state index is -0.0778. The predicted octanol–water partition coefficient (Wildman–Crippen LogP) is 4.00. The lowest BCUT2D eigenvalue weighted by atomic mass is 9.90. The second-order valence-electron chi connectivity index (χ2n) is 5.13. The monoisotopic (exact) mass is 247 g/mol. The molecule has 3 heteroatoms. The van der Waals surface area contributed by atoms with Gasteiger partial charge in [0.05, 0.1) is 5.52 Å². The SMILES string of the molecule is CC(C)(C)c1cc(C=O)c2cc(Cl)ccc2n1. The number of hydrogen-bond donors (Lipinski definition) is 0. The van der Waals surface area contributed by atoms with Crippen molar-refractivity contribution in [1.29, 1.82) is 0 Å². The summed E-state index contributed by atoms with van der Waals surface area (Å²) in [5, 5.41) is 1.42. The normalized spacial score (nSPS) is 11.8. The fourth-order valence-corrected chi connectivity index (χ4v) is 1.88. The van der Waals surface area contributed by atoms with Gasteiger partial charge >= 0.3 is 0 Å². The Morgan fingerprint density at radius 1 is 1.24 bits per heavy atom. The summed E-state index contributed by atoms with van der Waals surface area (Å²) in [6.07, 6.45) is 0.857. The smallest absolute Gasteiger partial charge is 0.150 e. The maximum absolute atomic E-state index is 11.1. The molecule has 0 unspecified atom stereocenters. The van der Waals surface area contributed by atoms with Gasteiger partial charge in [0, 0.05) is 27.1 Å². The van der Waals surface area contributed by atoms with Gasteiger partial charge in [-0.15, -0.1) is 0 Å². The molecular formula is C14H14ClNO. The Labute approximate surface area is 106 Å². The van der Waals surface area contributed by atoms with E-state index in [1.54, 1.807) is 12.1 Å². The third kappa shape index (κ3) is 2.32. The minimum absolute atomic E-state index is 0.0778. The number of pyridine rings is 1. The van der Waals surface area contributed by atoms with Crippen molar-refractivity contribution in [2.75, 3.05) is 0 Å². The molecule has 2 nitrogen and oxygen atoms in total. The highest BCUT2D eigenvalue weighted by molar-refractivity contribution is 6.31. The third-order valence-electron chi connectivity index (χ3n) is 2.70. The highest BCUT2D eigenvalue weighted by atomic mass is 35.5. The number of carbonyl (C=O) groups excluding carboxylic acids is 1. The number of benzene rings is 1. The largest absolute Gasteiger partial charge is 0.298 e. The zero-order chi connectivity index (χ0) is 12.6. The Bertz CT molecular complexity index is 585. The summed E-state index contributed by atoms with van der Waals surface area (Å²) >= 11 is 5.93. The van der Waals surface area contributed by atoms with E-state index in [4.69, 9.17) is 11.6 Å². The highest BCUT2D eigenvalue weighted by Crippen LogP contribution is 2.27. The van der Waals surface area contributed by atoms with E-state index in [-0.39, 0.29) is 5.41 Å². The van der Waals surface area contributed by atoms with E-state index in [0.29, 0.717) is 10.6 Å². The van der Waals surface area contributed by atoms with Crippen molar-refractivity contribution < 1.29 is 4.79 Å². The van der Waals surface area contributed by atoms with Crippen LogP contribution in [0.2, 0.25) is 5.02 Å². The first-order valence-electron chi connectivity index (χ1n) is 5.48. The van der Waals surface area contributed by atoms with Crippen LogP contribution in [0.1, 0.15) is 36.8 Å². The number of fused-ring (bicyclic) bond motifs is 1. The molecule has 2 rings (SSSR count). The van der Waals surface area contributed by atoms with E-state index in [2.05, 4.69) is 25.8 Å². The Hall–Kier alpha value is -1.41. The third-order valence-corrected chi connectivity index (χ3v) is 2.93. The second-order valence-corrected chi connectivity index (χ2v) is 5.56. The lowest BCUT2D eigenvalue weighted by molar-refractivity contribution is 0.112. The lowest BCUT2D eigenvalue weighted by Gasteiger charge is -2.19. The number of nitrogens with zero attached hydrogens (tertiary/aromatic N) is 1. The number of carbonyl (C=O) groups is 1. The average molecular weight is 248 g/mol. The standard InChI is InChI=1S/C14H14ClNO/c1-14(2,3)13-6-9(8-17)11-7-10(15)4-5-12(11)16-13/h4-8H,1-3H3. The molecule has 88 valence electrons. The van der Waals surface area contributed by atoms with E-state index < -0.39 is 0 Å². The van der Waals surface area contributed by atoms with Gasteiger partial charge in [0.25, 0.3) is 0 Å². The number of rotatable bonds is 1.